The molecule has 0 aromatic carbocycles. The van der Waals surface area contributed by atoms with E-state index in [1.807, 2.05) is 0 Å². The molecule has 0 aromatic heterocycles. The zero-order chi connectivity index (χ0) is 22.6. The molecule has 3 unspecified atom stereocenters. The Morgan fingerprint density at radius 3 is 2.00 bits per heavy atom. The predicted molar refractivity (Wildman–Crippen MR) is 64.6 cm³/mol. The van der Waals surface area contributed by atoms with Gasteiger partial charge in [0.2, 0.25) is 6.10 Å². The summed E-state index contributed by atoms with van der Waals surface area (Å²) < 4.78 is 142. The lowest BCUT2D eigenvalue weighted by Gasteiger charge is -2.54. The van der Waals surface area contributed by atoms with Crippen LogP contribution in [0.25, 0.3) is 10.4 Å². The van der Waals surface area contributed by atoms with Crippen molar-refractivity contribution >= 4 is 5.97 Å². The summed E-state index contributed by atoms with van der Waals surface area (Å²) in [5.41, 5.74) is 0.232. The van der Waals surface area contributed by atoms with E-state index < -0.39 is 53.4 Å². The molecule has 1 N–H and O–H groups in total. The molecular weight excluding hydrogens is 428 g/mol. The molecule has 0 amide bonds. The maximum absolute atomic E-state index is 14.4. The van der Waals surface area contributed by atoms with E-state index in [1.165, 1.54) is 4.91 Å². The van der Waals surface area contributed by atoms with Gasteiger partial charge >= 0.3 is 41.7 Å². The van der Waals surface area contributed by atoms with Gasteiger partial charge < -0.3 is 14.6 Å². The zero-order valence-electron chi connectivity index (χ0n) is 13.1. The fourth-order valence-electron chi connectivity index (χ4n) is 2.14. The van der Waals surface area contributed by atoms with Gasteiger partial charge in [0.25, 0.3) is 0 Å². The summed E-state index contributed by atoms with van der Waals surface area (Å²) in [4.78, 5) is 12.8. The van der Waals surface area contributed by atoms with Crippen LogP contribution in [-0.4, -0.2) is 52.9 Å². The molecule has 1 rings (SSSR count). The summed E-state index contributed by atoms with van der Waals surface area (Å²) in [6, 6.07) is 0. The van der Waals surface area contributed by atoms with Gasteiger partial charge in [-0.2, -0.15) is 43.9 Å². The van der Waals surface area contributed by atoms with Crippen LogP contribution in [0.2, 0.25) is 0 Å². The Bertz CT molecular complexity index is 729. The van der Waals surface area contributed by atoms with Crippen molar-refractivity contribution in [2.45, 2.75) is 48.7 Å². The molecule has 17 heteroatoms. The number of azide groups is 1. The van der Waals surface area contributed by atoms with Crippen LogP contribution in [0.5, 0.6) is 0 Å². The van der Waals surface area contributed by atoms with Crippen molar-refractivity contribution in [1.82, 2.24) is 0 Å². The lowest BCUT2D eigenvalue weighted by atomic mass is 9.79. The molecular formula is C11H7F10N3O4. The Morgan fingerprint density at radius 1 is 1.21 bits per heavy atom. The van der Waals surface area contributed by atoms with E-state index in [-0.39, 0.29) is 0 Å². The molecule has 0 radical (unpaired) electrons. The molecule has 1 aliphatic heterocycles. The molecule has 1 fully saturated rings. The minimum Gasteiger partial charge on any atom is -0.433 e. The van der Waals surface area contributed by atoms with E-state index in [9.17, 15) is 53.8 Å². The number of carbonyl (C=O) groups excluding carboxylic acids is 1. The summed E-state index contributed by atoms with van der Waals surface area (Å²) >= 11 is 0. The first-order chi connectivity index (χ1) is 12.2. The summed E-state index contributed by atoms with van der Waals surface area (Å²) in [5, 5.41) is 11.0. The van der Waals surface area contributed by atoms with Crippen molar-refractivity contribution in [3.8, 4) is 0 Å². The number of ether oxygens (including phenoxy) is 2. The van der Waals surface area contributed by atoms with Crippen LogP contribution in [0.15, 0.2) is 17.3 Å². The van der Waals surface area contributed by atoms with Crippen molar-refractivity contribution in [2.24, 2.45) is 5.11 Å². The number of rotatable bonds is 3. The van der Waals surface area contributed by atoms with Crippen molar-refractivity contribution in [3.63, 3.8) is 0 Å². The Hall–Kier alpha value is -2.26. The number of hydrogen-bond acceptors (Lipinski definition) is 5. The fraction of sp³-hybridized carbons (Fsp3) is 0.727. The minimum atomic E-state index is -7.16. The smallest absolute Gasteiger partial charge is 0.433 e. The van der Waals surface area contributed by atoms with Crippen LogP contribution in [-0.2, 0) is 14.3 Å². The molecule has 3 atom stereocenters. The third kappa shape index (κ3) is 3.02. The van der Waals surface area contributed by atoms with E-state index in [2.05, 4.69) is 16.1 Å². The average Bonchev–Trinajstić information content (AvgIpc) is 2.45. The van der Waals surface area contributed by atoms with Gasteiger partial charge in [-0.25, -0.2) is 4.79 Å². The van der Waals surface area contributed by atoms with Gasteiger partial charge in [-0.15, -0.1) is 0 Å². The monoisotopic (exact) mass is 435 g/mol. The molecule has 0 spiro atoms. The Morgan fingerprint density at radius 2 is 1.68 bits per heavy atom. The quantitative estimate of drug-likeness (QED) is 0.183. The molecule has 0 aromatic rings. The summed E-state index contributed by atoms with van der Waals surface area (Å²) in [5.74, 6) is -21.5. The standard InChI is InChI=1S/C11H7F10N3O4/c1-3(2)4(25)27-8(10(19,20)21)6(12,13)5(7(14,15)16)28-11(26,23-24-22)9(8,17)18/h5,26H,1H2,2H3. The van der Waals surface area contributed by atoms with Gasteiger partial charge in [0.15, 0.2) is 0 Å². The molecule has 0 aliphatic carbocycles. The van der Waals surface area contributed by atoms with Crippen LogP contribution in [0.4, 0.5) is 43.9 Å². The third-order valence-electron chi connectivity index (χ3n) is 3.40. The first-order valence-electron chi connectivity index (χ1n) is 6.47. The molecule has 28 heavy (non-hydrogen) atoms. The number of aliphatic hydroxyl groups is 1. The van der Waals surface area contributed by atoms with E-state index in [0.29, 0.717) is 6.92 Å². The van der Waals surface area contributed by atoms with Gasteiger partial charge in [0, 0.05) is 10.5 Å². The molecule has 160 valence electrons. The Balaban J connectivity index is 4.09. The molecule has 1 heterocycles. The number of nitrogens with zero attached hydrogens (tertiary/aromatic N) is 3. The lowest BCUT2D eigenvalue weighted by Crippen LogP contribution is -2.84. The highest BCUT2D eigenvalue weighted by molar-refractivity contribution is 5.87. The Kier molecular flexibility index (Phi) is 5.42. The van der Waals surface area contributed by atoms with Gasteiger partial charge in [0.1, 0.15) is 0 Å². The molecule has 0 bridgehead atoms. The second kappa shape index (κ2) is 6.38. The topological polar surface area (TPSA) is 105 Å². The van der Waals surface area contributed by atoms with Crippen LogP contribution >= 0.6 is 0 Å². The van der Waals surface area contributed by atoms with Gasteiger partial charge in [-0.3, -0.25) is 0 Å². The van der Waals surface area contributed by atoms with Crippen molar-refractivity contribution in [3.05, 3.63) is 22.6 Å². The van der Waals surface area contributed by atoms with Gasteiger partial charge in [-0.05, 0) is 17.6 Å². The zero-order valence-corrected chi connectivity index (χ0v) is 13.1. The van der Waals surface area contributed by atoms with Crippen molar-refractivity contribution < 1.29 is 63.3 Å². The fourth-order valence-corrected chi connectivity index (χ4v) is 2.14. The second-order valence-electron chi connectivity index (χ2n) is 5.38. The number of esters is 1. The highest BCUT2D eigenvalue weighted by Crippen LogP contribution is 2.64. The highest BCUT2D eigenvalue weighted by atomic mass is 19.4. The summed E-state index contributed by atoms with van der Waals surface area (Å²) in [7, 11) is 0. The highest BCUT2D eigenvalue weighted by Gasteiger charge is 2.96. The average molecular weight is 435 g/mol. The SMILES string of the molecule is C=C(C)C(=O)OC1(C(F)(F)F)C(F)(F)C(C(F)(F)F)OC(O)(N=[N+]=[N-])C1(F)F. The largest absolute Gasteiger partial charge is 0.441 e. The van der Waals surface area contributed by atoms with E-state index in [0.717, 1.165) is 0 Å². The number of halogens is 10. The Labute approximate surface area is 147 Å². The molecule has 1 saturated heterocycles. The first-order valence-corrected chi connectivity index (χ1v) is 6.47. The second-order valence-corrected chi connectivity index (χ2v) is 5.38. The van der Waals surface area contributed by atoms with E-state index in [4.69, 9.17) is 5.53 Å². The number of alkyl halides is 10. The van der Waals surface area contributed by atoms with Crippen LogP contribution in [0.3, 0.4) is 0 Å². The van der Waals surface area contributed by atoms with Crippen LogP contribution < -0.4 is 0 Å². The van der Waals surface area contributed by atoms with Crippen molar-refractivity contribution in [2.75, 3.05) is 0 Å². The molecule has 7 nitrogen and oxygen atoms in total. The van der Waals surface area contributed by atoms with E-state index >= 15 is 0 Å². The maximum Gasteiger partial charge on any atom is 0.441 e. The van der Waals surface area contributed by atoms with Gasteiger partial charge in [0.05, 0.1) is 0 Å². The summed E-state index contributed by atoms with van der Waals surface area (Å²) in [6.45, 7) is 3.14. The number of hydrogen-bond donors (Lipinski definition) is 1. The first kappa shape index (κ1) is 23.8. The number of carbonyl (C=O) groups is 1. The normalized spacial score (nSPS) is 32.2. The van der Waals surface area contributed by atoms with E-state index in [1.54, 1.807) is 5.11 Å². The van der Waals surface area contributed by atoms with Crippen LogP contribution in [0.1, 0.15) is 6.92 Å². The molecule has 1 aliphatic rings. The lowest BCUT2D eigenvalue weighted by molar-refractivity contribution is -0.520. The maximum atomic E-state index is 14.4. The van der Waals surface area contributed by atoms with Crippen LogP contribution in [0, 0.1) is 0 Å². The predicted octanol–water partition coefficient (Wildman–Crippen LogP) is 3.59. The van der Waals surface area contributed by atoms with Gasteiger partial charge in [-0.1, -0.05) is 6.58 Å². The minimum absolute atomic E-state index is 0.503. The third-order valence-corrected chi connectivity index (χ3v) is 3.40. The molecule has 0 saturated carbocycles. The van der Waals surface area contributed by atoms with Crippen molar-refractivity contribution in [1.29, 1.82) is 0 Å². The summed E-state index contributed by atoms with van der Waals surface area (Å²) in [6.07, 6.45) is -18.8.